The largest absolute Gasteiger partial charge is 0.398 e. The van der Waals surface area contributed by atoms with Crippen molar-refractivity contribution in [1.29, 1.82) is 0 Å². The number of hydrogen-bond acceptors (Lipinski definition) is 4. The number of hydrogen-bond donors (Lipinski definition) is 3. The minimum atomic E-state index is -0.492. The Morgan fingerprint density at radius 1 is 0.917 bits per heavy atom. The number of piperidine rings is 1. The van der Waals surface area contributed by atoms with Crippen molar-refractivity contribution in [2.24, 2.45) is 5.73 Å². The van der Waals surface area contributed by atoms with Crippen molar-refractivity contribution in [3.8, 4) is 11.1 Å². The van der Waals surface area contributed by atoms with Crippen LogP contribution < -0.4 is 16.8 Å². The van der Waals surface area contributed by atoms with Crippen molar-refractivity contribution in [2.75, 3.05) is 18.8 Å². The van der Waals surface area contributed by atoms with E-state index in [9.17, 15) is 9.59 Å². The molecule has 1 saturated heterocycles. The maximum Gasteiger partial charge on any atom is 0.249 e. The number of amides is 2. The van der Waals surface area contributed by atoms with Crippen LogP contribution in [0.15, 0.2) is 72.8 Å². The van der Waals surface area contributed by atoms with Crippen LogP contribution in [0.3, 0.4) is 0 Å². The second kappa shape index (κ2) is 10.5. The summed E-state index contributed by atoms with van der Waals surface area (Å²) < 4.78 is 0. The molecular weight excluding hydrogens is 448 g/mol. The molecular formula is C30H34N4O2. The van der Waals surface area contributed by atoms with E-state index in [1.807, 2.05) is 35.2 Å². The lowest BCUT2D eigenvalue weighted by molar-refractivity contribution is -0.132. The third-order valence-electron chi connectivity index (χ3n) is 7.54. The number of nitrogen functional groups attached to an aromatic ring is 1. The molecule has 2 atom stereocenters. The number of benzene rings is 3. The van der Waals surface area contributed by atoms with E-state index in [4.69, 9.17) is 11.5 Å². The van der Waals surface area contributed by atoms with E-state index in [2.05, 4.69) is 35.6 Å². The lowest BCUT2D eigenvalue weighted by atomic mass is 9.94. The smallest absolute Gasteiger partial charge is 0.249 e. The maximum atomic E-state index is 12.9. The van der Waals surface area contributed by atoms with Gasteiger partial charge in [-0.2, -0.15) is 0 Å². The molecule has 186 valence electrons. The van der Waals surface area contributed by atoms with Crippen LogP contribution in [0, 0.1) is 0 Å². The fourth-order valence-electron chi connectivity index (χ4n) is 5.38. The molecule has 2 fully saturated rings. The number of carbonyl (C=O) groups is 2. The van der Waals surface area contributed by atoms with Crippen molar-refractivity contribution in [2.45, 2.75) is 50.1 Å². The Kier molecular flexibility index (Phi) is 7.05. The van der Waals surface area contributed by atoms with Crippen LogP contribution in [0.1, 0.15) is 53.1 Å². The Hall–Kier alpha value is -3.64. The number of carbonyl (C=O) groups excluding carboxylic acids is 2. The monoisotopic (exact) mass is 482 g/mol. The normalized spacial score (nSPS) is 19.7. The van der Waals surface area contributed by atoms with Gasteiger partial charge < -0.3 is 21.7 Å². The molecule has 3 aromatic rings. The average molecular weight is 483 g/mol. The van der Waals surface area contributed by atoms with E-state index in [0.29, 0.717) is 47.7 Å². The van der Waals surface area contributed by atoms with Crippen molar-refractivity contribution in [3.63, 3.8) is 0 Å². The summed E-state index contributed by atoms with van der Waals surface area (Å²) in [6.07, 6.45) is 4.24. The zero-order valence-corrected chi connectivity index (χ0v) is 20.5. The van der Waals surface area contributed by atoms with Gasteiger partial charge in [-0.1, -0.05) is 60.7 Å². The molecule has 1 aliphatic carbocycles. The molecule has 6 heteroatoms. The van der Waals surface area contributed by atoms with Gasteiger partial charge >= 0.3 is 0 Å². The second-order valence-corrected chi connectivity index (χ2v) is 10.0. The maximum absolute atomic E-state index is 12.9. The Labute approximate surface area is 212 Å². The molecule has 1 aliphatic heterocycles. The van der Waals surface area contributed by atoms with Crippen LogP contribution >= 0.6 is 0 Å². The molecule has 5 N–H and O–H groups in total. The first-order valence-corrected chi connectivity index (χ1v) is 12.9. The lowest BCUT2D eigenvalue weighted by Crippen LogP contribution is -2.45. The highest BCUT2D eigenvalue weighted by molar-refractivity contribution is 6.01. The molecule has 2 unspecified atom stereocenters. The fourth-order valence-corrected chi connectivity index (χ4v) is 5.38. The van der Waals surface area contributed by atoms with Gasteiger partial charge in [-0.05, 0) is 54.5 Å². The first-order chi connectivity index (χ1) is 17.5. The van der Waals surface area contributed by atoms with Crippen LogP contribution in [0.5, 0.6) is 0 Å². The van der Waals surface area contributed by atoms with E-state index in [1.54, 1.807) is 12.1 Å². The third-order valence-corrected chi connectivity index (χ3v) is 7.54. The van der Waals surface area contributed by atoms with Gasteiger partial charge in [0.2, 0.25) is 11.8 Å². The van der Waals surface area contributed by atoms with Gasteiger partial charge in [0, 0.05) is 54.3 Å². The molecule has 0 spiro atoms. The van der Waals surface area contributed by atoms with Gasteiger partial charge in [0.1, 0.15) is 0 Å². The Morgan fingerprint density at radius 3 is 2.36 bits per heavy atom. The number of likely N-dealkylation sites (tertiary alicyclic amines) is 1. The van der Waals surface area contributed by atoms with Gasteiger partial charge in [-0.3, -0.25) is 9.59 Å². The summed E-state index contributed by atoms with van der Waals surface area (Å²) >= 11 is 0. The number of para-hydroxylation sites is 1. The number of nitrogens with two attached hydrogens (primary N) is 2. The van der Waals surface area contributed by atoms with Gasteiger partial charge in [-0.15, -0.1) is 0 Å². The van der Waals surface area contributed by atoms with Crippen LogP contribution in [-0.2, 0) is 11.2 Å². The lowest BCUT2D eigenvalue weighted by Gasteiger charge is -2.33. The Morgan fingerprint density at radius 2 is 1.64 bits per heavy atom. The van der Waals surface area contributed by atoms with Gasteiger partial charge in [0.15, 0.2) is 0 Å². The van der Waals surface area contributed by atoms with E-state index >= 15 is 0 Å². The predicted molar refractivity (Wildman–Crippen MR) is 143 cm³/mol. The molecule has 0 radical (unpaired) electrons. The number of anilines is 1. The van der Waals surface area contributed by atoms with E-state index in [1.165, 1.54) is 12.0 Å². The van der Waals surface area contributed by atoms with Gasteiger partial charge in [0.25, 0.3) is 0 Å². The van der Waals surface area contributed by atoms with E-state index < -0.39 is 5.91 Å². The molecule has 1 saturated carbocycles. The van der Waals surface area contributed by atoms with Crippen LogP contribution in [-0.4, -0.2) is 41.9 Å². The van der Waals surface area contributed by atoms with Crippen LogP contribution in [0.2, 0.25) is 0 Å². The first-order valence-electron chi connectivity index (χ1n) is 12.9. The summed E-state index contributed by atoms with van der Waals surface area (Å²) in [5, 5.41) is 3.81. The third kappa shape index (κ3) is 5.44. The summed E-state index contributed by atoms with van der Waals surface area (Å²) in [6, 6.07) is 24.7. The van der Waals surface area contributed by atoms with E-state index in [-0.39, 0.29) is 5.91 Å². The number of nitrogens with one attached hydrogen (secondary N) is 1. The Balaban J connectivity index is 1.13. The van der Waals surface area contributed by atoms with Crippen molar-refractivity contribution in [1.82, 2.24) is 10.2 Å². The standard InChI is InChI=1S/C30H34N4O2/c31-27-9-5-4-8-23(27)26-18-20(10-12-24(26)30(32)36)11-13-29(35)34-16-14-22(15-17-34)33-28-19-25(28)21-6-2-1-3-7-21/h1-10,12,18,22,25,28,33H,11,13-17,19,31H2,(H2,32,36). The summed E-state index contributed by atoms with van der Waals surface area (Å²) in [7, 11) is 0. The zero-order chi connectivity index (χ0) is 25.1. The first kappa shape index (κ1) is 24.1. The summed E-state index contributed by atoms with van der Waals surface area (Å²) in [5.41, 5.74) is 16.7. The molecule has 5 rings (SSSR count). The molecule has 2 amide bonds. The van der Waals surface area contributed by atoms with Gasteiger partial charge in [-0.25, -0.2) is 0 Å². The fraction of sp³-hybridized carbons (Fsp3) is 0.333. The van der Waals surface area contributed by atoms with Crippen LogP contribution in [0.25, 0.3) is 11.1 Å². The van der Waals surface area contributed by atoms with Crippen molar-refractivity contribution in [3.05, 3.63) is 89.5 Å². The molecule has 6 nitrogen and oxygen atoms in total. The quantitative estimate of drug-likeness (QED) is 0.421. The predicted octanol–water partition coefficient (Wildman–Crippen LogP) is 4.10. The summed E-state index contributed by atoms with van der Waals surface area (Å²) in [6.45, 7) is 1.59. The molecule has 3 aromatic carbocycles. The van der Waals surface area contributed by atoms with Crippen molar-refractivity contribution >= 4 is 17.5 Å². The van der Waals surface area contributed by atoms with Crippen LogP contribution in [0.4, 0.5) is 5.69 Å². The molecule has 0 aromatic heterocycles. The zero-order valence-electron chi connectivity index (χ0n) is 20.5. The topological polar surface area (TPSA) is 101 Å². The number of rotatable bonds is 8. The summed E-state index contributed by atoms with van der Waals surface area (Å²) in [5.74, 6) is 0.318. The highest BCUT2D eigenvalue weighted by atomic mass is 16.2. The van der Waals surface area contributed by atoms with Gasteiger partial charge in [0.05, 0.1) is 0 Å². The Bertz CT molecular complexity index is 1230. The minimum absolute atomic E-state index is 0.182. The van der Waals surface area contributed by atoms with E-state index in [0.717, 1.165) is 37.1 Å². The van der Waals surface area contributed by atoms with Crippen molar-refractivity contribution < 1.29 is 9.59 Å². The SMILES string of the molecule is NC(=O)c1ccc(CCC(=O)N2CCC(NC3CC3c3ccccc3)CC2)cc1-c1ccccc1N. The average Bonchev–Trinajstić information content (AvgIpc) is 3.67. The molecule has 1 heterocycles. The highest BCUT2D eigenvalue weighted by Crippen LogP contribution is 2.41. The number of aryl methyl sites for hydroxylation is 1. The second-order valence-electron chi connectivity index (χ2n) is 10.0. The number of primary amides is 1. The minimum Gasteiger partial charge on any atom is -0.398 e. The molecule has 36 heavy (non-hydrogen) atoms. The molecule has 2 aliphatic rings. The number of nitrogens with zero attached hydrogens (tertiary/aromatic N) is 1. The molecule has 0 bridgehead atoms. The summed E-state index contributed by atoms with van der Waals surface area (Å²) in [4.78, 5) is 26.9. The highest BCUT2D eigenvalue weighted by Gasteiger charge is 2.39.